The smallest absolute Gasteiger partial charge is 0.201 e. The quantitative estimate of drug-likeness (QED) is 0.636. The molecule has 0 heterocycles. The third-order valence-corrected chi connectivity index (χ3v) is 2.33. The summed E-state index contributed by atoms with van der Waals surface area (Å²) in [4.78, 5) is 4.50. The molecule has 0 atom stereocenters. The first kappa shape index (κ1) is 12.2. The van der Waals surface area contributed by atoms with Crippen LogP contribution in [0.25, 0.3) is 0 Å². The summed E-state index contributed by atoms with van der Waals surface area (Å²) < 4.78 is 0. The Morgan fingerprint density at radius 2 is 1.56 bits per heavy atom. The topological polar surface area (TPSA) is 36.4 Å². The number of para-hydroxylation sites is 2. The SMILES string of the molecule is [CH2]CN/C(=N\c1ccccc1)Nc1ccccc1. The summed E-state index contributed by atoms with van der Waals surface area (Å²) >= 11 is 0. The van der Waals surface area contributed by atoms with Gasteiger partial charge in [-0.3, -0.25) is 0 Å². The van der Waals surface area contributed by atoms with E-state index in [9.17, 15) is 0 Å². The van der Waals surface area contributed by atoms with Crippen molar-refractivity contribution in [3.63, 3.8) is 0 Å². The Morgan fingerprint density at radius 3 is 2.17 bits per heavy atom. The van der Waals surface area contributed by atoms with Crippen LogP contribution in [0.1, 0.15) is 0 Å². The van der Waals surface area contributed by atoms with Gasteiger partial charge in [0.05, 0.1) is 5.69 Å². The van der Waals surface area contributed by atoms with Crippen molar-refractivity contribution >= 4 is 17.3 Å². The molecule has 2 rings (SSSR count). The van der Waals surface area contributed by atoms with E-state index < -0.39 is 0 Å². The maximum atomic E-state index is 4.50. The number of nitrogens with zero attached hydrogens (tertiary/aromatic N) is 1. The molecule has 0 aliphatic rings. The Kier molecular flexibility index (Phi) is 4.36. The normalized spacial score (nSPS) is 11.1. The highest BCUT2D eigenvalue weighted by atomic mass is 15.2. The Balaban J connectivity index is 2.16. The first-order chi connectivity index (χ1) is 8.88. The fraction of sp³-hybridized carbons (Fsp3) is 0.0667. The molecule has 91 valence electrons. The Bertz CT molecular complexity index is 492. The third-order valence-electron chi connectivity index (χ3n) is 2.33. The summed E-state index contributed by atoms with van der Waals surface area (Å²) in [5.74, 6) is 0.697. The van der Waals surface area contributed by atoms with E-state index >= 15 is 0 Å². The van der Waals surface area contributed by atoms with Gasteiger partial charge in [0.15, 0.2) is 0 Å². The zero-order valence-corrected chi connectivity index (χ0v) is 10.1. The number of anilines is 1. The molecular weight excluding hydrogens is 222 g/mol. The van der Waals surface area contributed by atoms with Gasteiger partial charge in [-0.05, 0) is 31.2 Å². The van der Waals surface area contributed by atoms with Crippen molar-refractivity contribution in [2.24, 2.45) is 4.99 Å². The summed E-state index contributed by atoms with van der Waals surface area (Å²) in [5, 5.41) is 6.33. The Hall–Kier alpha value is -2.29. The van der Waals surface area contributed by atoms with Gasteiger partial charge in [0.25, 0.3) is 0 Å². The van der Waals surface area contributed by atoms with Crippen molar-refractivity contribution in [3.05, 3.63) is 67.6 Å². The van der Waals surface area contributed by atoms with Crippen LogP contribution in [0, 0.1) is 6.92 Å². The zero-order valence-electron chi connectivity index (χ0n) is 10.1. The number of rotatable bonds is 3. The minimum Gasteiger partial charge on any atom is -0.356 e. The van der Waals surface area contributed by atoms with Gasteiger partial charge in [-0.2, -0.15) is 0 Å². The lowest BCUT2D eigenvalue weighted by Crippen LogP contribution is -2.30. The molecular formula is C15H16N3. The lowest BCUT2D eigenvalue weighted by Gasteiger charge is -2.10. The van der Waals surface area contributed by atoms with Gasteiger partial charge >= 0.3 is 0 Å². The largest absolute Gasteiger partial charge is 0.356 e. The number of hydrogen-bond acceptors (Lipinski definition) is 1. The molecule has 0 amide bonds. The highest BCUT2D eigenvalue weighted by molar-refractivity contribution is 5.95. The zero-order chi connectivity index (χ0) is 12.6. The number of guanidine groups is 1. The number of nitrogens with one attached hydrogen (secondary N) is 2. The van der Waals surface area contributed by atoms with Crippen LogP contribution >= 0.6 is 0 Å². The maximum absolute atomic E-state index is 4.50. The van der Waals surface area contributed by atoms with E-state index in [-0.39, 0.29) is 0 Å². The molecule has 18 heavy (non-hydrogen) atoms. The first-order valence-corrected chi connectivity index (χ1v) is 5.87. The highest BCUT2D eigenvalue weighted by Gasteiger charge is 1.98. The van der Waals surface area contributed by atoms with Gasteiger partial charge in [0.2, 0.25) is 5.96 Å². The monoisotopic (exact) mass is 238 g/mol. The van der Waals surface area contributed by atoms with E-state index in [1.807, 2.05) is 60.7 Å². The number of benzene rings is 2. The van der Waals surface area contributed by atoms with Crippen LogP contribution in [0.15, 0.2) is 65.7 Å². The van der Waals surface area contributed by atoms with Crippen LogP contribution in [-0.4, -0.2) is 12.5 Å². The van der Waals surface area contributed by atoms with Crippen LogP contribution in [0.2, 0.25) is 0 Å². The van der Waals surface area contributed by atoms with Crippen LogP contribution in [0.4, 0.5) is 11.4 Å². The van der Waals surface area contributed by atoms with Crippen LogP contribution < -0.4 is 10.6 Å². The van der Waals surface area contributed by atoms with Crippen molar-refractivity contribution < 1.29 is 0 Å². The van der Waals surface area contributed by atoms with E-state index in [4.69, 9.17) is 0 Å². The van der Waals surface area contributed by atoms with Gasteiger partial charge in [0.1, 0.15) is 0 Å². The molecule has 2 N–H and O–H groups in total. The molecule has 1 radical (unpaired) electrons. The van der Waals surface area contributed by atoms with E-state index in [1.54, 1.807) is 0 Å². The summed E-state index contributed by atoms with van der Waals surface area (Å²) in [6.45, 7) is 4.35. The molecule has 3 heteroatoms. The minimum absolute atomic E-state index is 0.575. The van der Waals surface area contributed by atoms with E-state index in [0.717, 1.165) is 11.4 Å². The second-order valence-corrected chi connectivity index (χ2v) is 3.71. The van der Waals surface area contributed by atoms with Gasteiger partial charge in [0, 0.05) is 12.2 Å². The molecule has 0 saturated heterocycles. The van der Waals surface area contributed by atoms with Gasteiger partial charge in [-0.15, -0.1) is 0 Å². The van der Waals surface area contributed by atoms with E-state index in [0.29, 0.717) is 12.5 Å². The summed E-state index contributed by atoms with van der Waals surface area (Å²) in [6, 6.07) is 19.7. The number of hydrogen-bond donors (Lipinski definition) is 2. The van der Waals surface area contributed by atoms with Crippen LogP contribution in [0.3, 0.4) is 0 Å². The van der Waals surface area contributed by atoms with E-state index in [1.165, 1.54) is 0 Å². The highest BCUT2D eigenvalue weighted by Crippen LogP contribution is 2.11. The predicted molar refractivity (Wildman–Crippen MR) is 77.0 cm³/mol. The number of aliphatic imine (C=N–C) groups is 1. The molecule has 0 fully saturated rings. The molecule has 0 saturated carbocycles. The second-order valence-electron chi connectivity index (χ2n) is 3.71. The molecule has 0 unspecified atom stereocenters. The molecule has 2 aromatic rings. The minimum atomic E-state index is 0.575. The first-order valence-electron chi connectivity index (χ1n) is 5.87. The Morgan fingerprint density at radius 1 is 0.944 bits per heavy atom. The van der Waals surface area contributed by atoms with Crippen LogP contribution in [-0.2, 0) is 0 Å². The van der Waals surface area contributed by atoms with E-state index in [2.05, 4.69) is 22.5 Å². The van der Waals surface area contributed by atoms with Crippen LogP contribution in [0.5, 0.6) is 0 Å². The summed E-state index contributed by atoms with van der Waals surface area (Å²) in [6.07, 6.45) is 0. The average Bonchev–Trinajstić information content (AvgIpc) is 2.41. The fourth-order valence-electron chi connectivity index (χ4n) is 1.52. The van der Waals surface area contributed by atoms with Gasteiger partial charge < -0.3 is 10.6 Å². The van der Waals surface area contributed by atoms with Gasteiger partial charge in [-0.25, -0.2) is 4.99 Å². The molecule has 0 aliphatic carbocycles. The lowest BCUT2D eigenvalue weighted by molar-refractivity contribution is 1.03. The van der Waals surface area contributed by atoms with Crippen molar-refractivity contribution in [1.82, 2.24) is 5.32 Å². The molecule has 2 aromatic carbocycles. The second kappa shape index (κ2) is 6.45. The average molecular weight is 238 g/mol. The lowest BCUT2D eigenvalue weighted by atomic mass is 10.3. The molecule has 0 bridgehead atoms. The van der Waals surface area contributed by atoms with Gasteiger partial charge in [-0.1, -0.05) is 36.4 Å². The molecule has 3 nitrogen and oxygen atoms in total. The van der Waals surface area contributed by atoms with Crippen molar-refractivity contribution in [3.8, 4) is 0 Å². The summed E-state index contributed by atoms with van der Waals surface area (Å²) in [7, 11) is 0. The third kappa shape index (κ3) is 3.63. The van der Waals surface area contributed by atoms with Crippen molar-refractivity contribution in [2.75, 3.05) is 11.9 Å². The standard InChI is InChI=1S/C15H16N3/c1-2-16-15(17-13-9-5-3-6-10-13)18-14-11-7-4-8-12-14/h3-12H,1-2H2,(H2,16,17,18). The Labute approximate surface area is 108 Å². The van der Waals surface area contributed by atoms with Crippen molar-refractivity contribution in [2.45, 2.75) is 0 Å². The van der Waals surface area contributed by atoms with Crippen molar-refractivity contribution in [1.29, 1.82) is 0 Å². The fourth-order valence-corrected chi connectivity index (χ4v) is 1.52. The molecule has 0 aromatic heterocycles. The predicted octanol–water partition coefficient (Wildman–Crippen LogP) is 3.21. The maximum Gasteiger partial charge on any atom is 0.201 e. The summed E-state index contributed by atoms with van der Waals surface area (Å²) in [5.41, 5.74) is 1.89. The molecule has 0 aliphatic heterocycles. The molecule has 0 spiro atoms.